The second kappa shape index (κ2) is 6.78. The third kappa shape index (κ3) is 2.88. The van der Waals surface area contributed by atoms with Crippen LogP contribution in [0.2, 0.25) is 0 Å². The van der Waals surface area contributed by atoms with Crippen LogP contribution in [-0.2, 0) is 9.59 Å². The Labute approximate surface area is 180 Å². The number of benzene rings is 1. The van der Waals surface area contributed by atoms with E-state index < -0.39 is 29.9 Å². The summed E-state index contributed by atoms with van der Waals surface area (Å²) in [6.07, 6.45) is 1.29. The van der Waals surface area contributed by atoms with Crippen LogP contribution >= 0.6 is 11.3 Å². The molecule has 8 nitrogen and oxygen atoms in total. The van der Waals surface area contributed by atoms with Crippen LogP contribution in [0.1, 0.15) is 30.9 Å². The van der Waals surface area contributed by atoms with E-state index in [1.807, 2.05) is 36.4 Å². The quantitative estimate of drug-likeness (QED) is 0.571. The number of nitrogens with zero attached hydrogens (tertiary/aromatic N) is 1. The second-order valence-corrected chi connectivity index (χ2v) is 8.98. The molecule has 3 atom stereocenters. The fourth-order valence-corrected chi connectivity index (χ4v) is 5.68. The van der Waals surface area contributed by atoms with E-state index in [0.717, 1.165) is 27.3 Å². The summed E-state index contributed by atoms with van der Waals surface area (Å²) in [6, 6.07) is 11.0. The maximum Gasteiger partial charge on any atom is 0.323 e. The van der Waals surface area contributed by atoms with Crippen LogP contribution in [0.3, 0.4) is 0 Å². The fraction of sp³-hybridized carbons (Fsp3) is 0.273. The lowest BCUT2D eigenvalue weighted by molar-refractivity contribution is -0.127. The van der Waals surface area contributed by atoms with Crippen LogP contribution in [0.5, 0.6) is 0 Å². The van der Waals surface area contributed by atoms with Crippen LogP contribution in [0, 0.1) is 5.92 Å². The van der Waals surface area contributed by atoms with Gasteiger partial charge in [0, 0.05) is 17.7 Å². The topological polar surface area (TPSA) is 113 Å². The number of nitrogens with one attached hydrogen (secondary N) is 3. The molecule has 2 aromatic heterocycles. The number of aromatic nitrogens is 1. The zero-order chi connectivity index (χ0) is 21.1. The van der Waals surface area contributed by atoms with Gasteiger partial charge in [0.15, 0.2) is 16.6 Å². The van der Waals surface area contributed by atoms with E-state index in [2.05, 4.69) is 20.9 Å². The third-order valence-corrected chi connectivity index (χ3v) is 7.13. The molecule has 9 heteroatoms. The average molecular weight is 434 g/mol. The van der Waals surface area contributed by atoms with Crippen molar-refractivity contribution in [2.45, 2.75) is 31.3 Å². The lowest BCUT2D eigenvalue weighted by Crippen LogP contribution is -2.66. The van der Waals surface area contributed by atoms with Crippen molar-refractivity contribution in [2.24, 2.45) is 5.92 Å². The highest BCUT2D eigenvalue weighted by molar-refractivity contribution is 7.21. The number of rotatable bonds is 2. The number of ketones is 1. The Bertz CT molecular complexity index is 1260. The molecule has 1 aliphatic carbocycles. The second-order valence-electron chi connectivity index (χ2n) is 7.95. The Morgan fingerprint density at radius 1 is 1.03 bits per heavy atom. The van der Waals surface area contributed by atoms with Crippen molar-refractivity contribution >= 4 is 39.3 Å². The molecule has 3 unspecified atom stereocenters. The number of hydrogen-bond donors (Lipinski definition) is 3. The zero-order valence-electron chi connectivity index (χ0n) is 16.3. The molecule has 3 aliphatic rings. The molecule has 0 saturated carbocycles. The minimum absolute atomic E-state index is 0.0137. The predicted octanol–water partition coefficient (Wildman–Crippen LogP) is 3.03. The number of imide groups is 1. The van der Waals surface area contributed by atoms with Crippen molar-refractivity contribution < 1.29 is 18.8 Å². The SMILES string of the molecule is O=C1NC(=O)C2C(N1)NC1=C(C(=O)CCC1)C2c1ccc(-c2nc3ccccc3s2)o1. The van der Waals surface area contributed by atoms with Crippen LogP contribution in [-0.4, -0.2) is 28.9 Å². The lowest BCUT2D eigenvalue weighted by Gasteiger charge is -2.43. The number of allylic oxidation sites excluding steroid dienone is 2. The smallest absolute Gasteiger partial charge is 0.323 e. The van der Waals surface area contributed by atoms with Crippen molar-refractivity contribution in [1.82, 2.24) is 20.9 Å². The molecule has 2 aliphatic heterocycles. The summed E-state index contributed by atoms with van der Waals surface area (Å²) in [5.41, 5.74) is 2.27. The summed E-state index contributed by atoms with van der Waals surface area (Å²) < 4.78 is 7.26. The van der Waals surface area contributed by atoms with E-state index in [1.54, 1.807) is 0 Å². The van der Waals surface area contributed by atoms with Crippen molar-refractivity contribution in [1.29, 1.82) is 0 Å². The minimum Gasteiger partial charge on any atom is -0.458 e. The number of Topliss-reactive ketones (excluding diaryl/α,β-unsaturated/α-hetero) is 1. The number of thiazole rings is 1. The molecule has 4 heterocycles. The number of urea groups is 1. The van der Waals surface area contributed by atoms with Gasteiger partial charge in [-0.3, -0.25) is 14.9 Å². The normalized spacial score (nSPS) is 25.5. The van der Waals surface area contributed by atoms with Gasteiger partial charge in [0.2, 0.25) is 5.91 Å². The van der Waals surface area contributed by atoms with Gasteiger partial charge in [-0.05, 0) is 37.1 Å². The molecule has 0 spiro atoms. The summed E-state index contributed by atoms with van der Waals surface area (Å²) in [5.74, 6) is -0.545. The highest BCUT2D eigenvalue weighted by Gasteiger charge is 2.50. The van der Waals surface area contributed by atoms with E-state index in [-0.39, 0.29) is 5.78 Å². The van der Waals surface area contributed by atoms with Gasteiger partial charge >= 0.3 is 6.03 Å². The van der Waals surface area contributed by atoms with Crippen LogP contribution in [0.25, 0.3) is 21.0 Å². The number of furan rings is 1. The molecule has 3 amide bonds. The molecule has 0 bridgehead atoms. The first-order valence-electron chi connectivity index (χ1n) is 10.2. The molecule has 1 fully saturated rings. The van der Waals surface area contributed by atoms with E-state index in [1.165, 1.54) is 11.3 Å². The summed E-state index contributed by atoms with van der Waals surface area (Å²) in [5, 5.41) is 9.06. The van der Waals surface area contributed by atoms with Gasteiger partial charge in [-0.25, -0.2) is 9.78 Å². The Kier molecular flexibility index (Phi) is 4.01. The van der Waals surface area contributed by atoms with Gasteiger partial charge in [-0.2, -0.15) is 0 Å². The highest BCUT2D eigenvalue weighted by Crippen LogP contribution is 2.44. The molecular weight excluding hydrogens is 416 g/mol. The summed E-state index contributed by atoms with van der Waals surface area (Å²) in [4.78, 5) is 42.2. The van der Waals surface area contributed by atoms with Crippen molar-refractivity contribution in [3.05, 3.63) is 53.4 Å². The number of fused-ring (bicyclic) bond motifs is 2. The number of amides is 3. The molecule has 1 saturated heterocycles. The molecule has 156 valence electrons. The minimum atomic E-state index is -0.687. The molecule has 31 heavy (non-hydrogen) atoms. The first kappa shape index (κ1) is 18.3. The molecule has 6 rings (SSSR count). The van der Waals surface area contributed by atoms with Gasteiger partial charge in [0.1, 0.15) is 11.9 Å². The van der Waals surface area contributed by atoms with Crippen LogP contribution in [0.4, 0.5) is 4.79 Å². The maximum absolute atomic E-state index is 12.9. The third-order valence-electron chi connectivity index (χ3n) is 6.08. The highest BCUT2D eigenvalue weighted by atomic mass is 32.1. The predicted molar refractivity (Wildman–Crippen MR) is 113 cm³/mol. The van der Waals surface area contributed by atoms with Gasteiger partial charge in [-0.1, -0.05) is 12.1 Å². The molecular formula is C22H18N4O4S. The van der Waals surface area contributed by atoms with Gasteiger partial charge < -0.3 is 15.1 Å². The standard InChI is InChI=1S/C22H18N4O4S/c27-12-6-3-5-11-16(12)17(18-19(23-11)25-22(29)26-20(18)28)13-8-9-14(30-13)21-24-10-4-1-2-7-15(10)31-21/h1-2,4,7-9,17-19,23H,3,5-6H2,(H2,25,26,28,29). The van der Waals surface area contributed by atoms with Gasteiger partial charge in [-0.15, -0.1) is 11.3 Å². The van der Waals surface area contributed by atoms with Crippen LogP contribution in [0.15, 0.2) is 52.1 Å². The monoisotopic (exact) mass is 434 g/mol. The summed E-state index contributed by atoms with van der Waals surface area (Å²) in [7, 11) is 0. The number of hydrogen-bond acceptors (Lipinski definition) is 7. The van der Waals surface area contributed by atoms with E-state index in [4.69, 9.17) is 4.42 Å². The van der Waals surface area contributed by atoms with E-state index >= 15 is 0 Å². The molecule has 3 aromatic rings. The zero-order valence-corrected chi connectivity index (χ0v) is 17.1. The Hall–Kier alpha value is -3.46. The largest absolute Gasteiger partial charge is 0.458 e. The first-order chi connectivity index (χ1) is 15.1. The number of para-hydroxylation sites is 1. The molecule has 3 N–H and O–H groups in total. The maximum atomic E-state index is 12.9. The van der Waals surface area contributed by atoms with Crippen LogP contribution < -0.4 is 16.0 Å². The Morgan fingerprint density at radius 2 is 1.90 bits per heavy atom. The van der Waals surface area contributed by atoms with E-state index in [9.17, 15) is 14.4 Å². The average Bonchev–Trinajstić information content (AvgIpc) is 3.39. The van der Waals surface area contributed by atoms with Crippen molar-refractivity contribution in [3.63, 3.8) is 0 Å². The van der Waals surface area contributed by atoms with Gasteiger partial charge in [0.25, 0.3) is 0 Å². The number of carbonyl (C=O) groups excluding carboxylic acids is 3. The van der Waals surface area contributed by atoms with Crippen molar-refractivity contribution in [3.8, 4) is 10.8 Å². The van der Waals surface area contributed by atoms with E-state index in [0.29, 0.717) is 29.9 Å². The fourth-order valence-electron chi connectivity index (χ4n) is 4.76. The molecule has 0 radical (unpaired) electrons. The first-order valence-corrected chi connectivity index (χ1v) is 11.0. The summed E-state index contributed by atoms with van der Waals surface area (Å²) in [6.45, 7) is 0. The summed E-state index contributed by atoms with van der Waals surface area (Å²) >= 11 is 1.52. The van der Waals surface area contributed by atoms with Crippen molar-refractivity contribution in [2.75, 3.05) is 0 Å². The van der Waals surface area contributed by atoms with Gasteiger partial charge in [0.05, 0.1) is 22.1 Å². The molecule has 1 aromatic carbocycles. The number of carbonyl (C=O) groups is 3. The Balaban J connectivity index is 1.45. The lowest BCUT2D eigenvalue weighted by atomic mass is 9.72. The Morgan fingerprint density at radius 3 is 2.77 bits per heavy atom.